The van der Waals surface area contributed by atoms with Crippen molar-refractivity contribution in [2.75, 3.05) is 0 Å². The minimum Gasteiger partial charge on any atom is -0.192 e. The molecule has 0 aromatic rings. The molecular formula is C18H24N2. The molecule has 0 heterocycles. The van der Waals surface area contributed by atoms with Crippen LogP contribution < -0.4 is 0 Å². The fourth-order valence-electron chi connectivity index (χ4n) is 1.65. The van der Waals surface area contributed by atoms with Crippen LogP contribution in [0.1, 0.15) is 53.4 Å². The molecule has 0 saturated heterocycles. The Morgan fingerprint density at radius 1 is 0.800 bits per heavy atom. The average Bonchev–Trinajstić information content (AvgIpc) is 2.39. The Hall–Kier alpha value is -2.06. The summed E-state index contributed by atoms with van der Waals surface area (Å²) in [5.74, 6) is 0. The van der Waals surface area contributed by atoms with Crippen molar-refractivity contribution in [1.82, 2.24) is 0 Å². The molecule has 0 aliphatic carbocycles. The van der Waals surface area contributed by atoms with Gasteiger partial charge in [0.25, 0.3) is 0 Å². The molecule has 0 aliphatic rings. The average molecular weight is 268 g/mol. The highest BCUT2D eigenvalue weighted by Crippen LogP contribution is 2.11. The highest BCUT2D eigenvalue weighted by molar-refractivity contribution is 5.38. The second-order valence-electron chi connectivity index (χ2n) is 5.23. The van der Waals surface area contributed by atoms with E-state index in [9.17, 15) is 0 Å². The zero-order valence-corrected chi connectivity index (χ0v) is 13.0. The van der Waals surface area contributed by atoms with Gasteiger partial charge in [-0.05, 0) is 59.5 Å². The molecular weight excluding hydrogens is 244 g/mol. The van der Waals surface area contributed by atoms with Gasteiger partial charge in [-0.25, -0.2) is 0 Å². The SMILES string of the molecule is CC(C)=CCC/C(C)=C/CC/C(C)=C/C=C(C#N)C#N. The van der Waals surface area contributed by atoms with E-state index in [4.69, 9.17) is 10.5 Å². The third kappa shape index (κ3) is 9.92. The topological polar surface area (TPSA) is 47.6 Å². The van der Waals surface area contributed by atoms with Crippen LogP contribution in [0.5, 0.6) is 0 Å². The van der Waals surface area contributed by atoms with Gasteiger partial charge in [0, 0.05) is 0 Å². The van der Waals surface area contributed by atoms with Crippen molar-refractivity contribution >= 4 is 0 Å². The Morgan fingerprint density at radius 2 is 1.35 bits per heavy atom. The van der Waals surface area contributed by atoms with Crippen molar-refractivity contribution in [3.8, 4) is 12.1 Å². The molecule has 0 fully saturated rings. The van der Waals surface area contributed by atoms with Gasteiger partial charge in [-0.3, -0.25) is 0 Å². The van der Waals surface area contributed by atoms with Crippen molar-refractivity contribution < 1.29 is 0 Å². The summed E-state index contributed by atoms with van der Waals surface area (Å²) in [6.07, 6.45) is 12.2. The smallest absolute Gasteiger partial charge is 0.129 e. The Balaban J connectivity index is 4.20. The maximum absolute atomic E-state index is 8.62. The first-order valence-corrected chi connectivity index (χ1v) is 6.96. The van der Waals surface area contributed by atoms with Crippen molar-refractivity contribution in [3.05, 3.63) is 46.6 Å². The van der Waals surface area contributed by atoms with Gasteiger partial charge in [0.1, 0.15) is 17.7 Å². The standard InChI is InChI=1S/C18H24N2/c1-15(2)7-5-8-16(3)9-6-10-17(4)11-12-18(13-19)14-20/h7,9,11-12H,5-6,8,10H2,1-4H3/b16-9+,17-11+. The molecule has 2 nitrogen and oxygen atoms in total. The maximum atomic E-state index is 8.62. The van der Waals surface area contributed by atoms with Gasteiger partial charge in [0.15, 0.2) is 0 Å². The molecule has 0 saturated carbocycles. The van der Waals surface area contributed by atoms with E-state index in [1.165, 1.54) is 16.7 Å². The zero-order chi connectivity index (χ0) is 15.4. The van der Waals surface area contributed by atoms with Gasteiger partial charge in [-0.15, -0.1) is 0 Å². The van der Waals surface area contributed by atoms with Gasteiger partial charge in [0.2, 0.25) is 0 Å². The van der Waals surface area contributed by atoms with Crippen LogP contribution in [-0.2, 0) is 0 Å². The minimum atomic E-state index is 0.151. The molecule has 0 aliphatic heterocycles. The third-order valence-corrected chi connectivity index (χ3v) is 2.90. The molecule has 0 amide bonds. The number of nitriles is 2. The fourth-order valence-corrected chi connectivity index (χ4v) is 1.65. The Labute approximate surface area is 123 Å². The van der Waals surface area contributed by atoms with E-state index in [0.717, 1.165) is 25.7 Å². The Bertz CT molecular complexity index is 483. The summed E-state index contributed by atoms with van der Waals surface area (Å²) in [5.41, 5.74) is 4.12. The van der Waals surface area contributed by atoms with Crippen LogP contribution in [0.15, 0.2) is 46.6 Å². The zero-order valence-electron chi connectivity index (χ0n) is 13.0. The summed E-state index contributed by atoms with van der Waals surface area (Å²) < 4.78 is 0. The van der Waals surface area contributed by atoms with Crippen LogP contribution >= 0.6 is 0 Å². The van der Waals surface area contributed by atoms with Crippen LogP contribution in [0.25, 0.3) is 0 Å². The first kappa shape index (κ1) is 17.9. The highest BCUT2D eigenvalue weighted by atomic mass is 14.3. The normalized spacial score (nSPS) is 11.3. The monoisotopic (exact) mass is 268 g/mol. The summed E-state index contributed by atoms with van der Waals surface area (Å²) in [6, 6.07) is 3.70. The maximum Gasteiger partial charge on any atom is 0.129 e. The van der Waals surface area contributed by atoms with Crippen molar-refractivity contribution in [1.29, 1.82) is 10.5 Å². The van der Waals surface area contributed by atoms with Crippen LogP contribution in [0.3, 0.4) is 0 Å². The molecule has 106 valence electrons. The van der Waals surface area contributed by atoms with E-state index in [2.05, 4.69) is 32.9 Å². The van der Waals surface area contributed by atoms with E-state index in [1.807, 2.05) is 25.1 Å². The van der Waals surface area contributed by atoms with Crippen molar-refractivity contribution in [2.24, 2.45) is 0 Å². The largest absolute Gasteiger partial charge is 0.192 e. The van der Waals surface area contributed by atoms with Crippen molar-refractivity contribution in [2.45, 2.75) is 53.4 Å². The van der Waals surface area contributed by atoms with Gasteiger partial charge < -0.3 is 0 Å². The number of hydrogen-bond acceptors (Lipinski definition) is 2. The molecule has 20 heavy (non-hydrogen) atoms. The third-order valence-electron chi connectivity index (χ3n) is 2.90. The lowest BCUT2D eigenvalue weighted by molar-refractivity contribution is 0.918. The Morgan fingerprint density at radius 3 is 1.90 bits per heavy atom. The number of allylic oxidation sites excluding steroid dienone is 8. The summed E-state index contributed by atoms with van der Waals surface area (Å²) in [7, 11) is 0. The van der Waals surface area contributed by atoms with Crippen molar-refractivity contribution in [3.63, 3.8) is 0 Å². The number of nitrogens with zero attached hydrogens (tertiary/aromatic N) is 2. The lowest BCUT2D eigenvalue weighted by Crippen LogP contribution is -1.80. The predicted molar refractivity (Wildman–Crippen MR) is 84.7 cm³/mol. The van der Waals surface area contributed by atoms with Gasteiger partial charge >= 0.3 is 0 Å². The molecule has 0 aromatic carbocycles. The second-order valence-corrected chi connectivity index (χ2v) is 5.23. The van der Waals surface area contributed by atoms with Crippen LogP contribution in [0.2, 0.25) is 0 Å². The second kappa shape index (κ2) is 10.8. The molecule has 0 rings (SSSR count). The summed E-state index contributed by atoms with van der Waals surface area (Å²) in [6.45, 7) is 8.44. The molecule has 2 heteroatoms. The lowest BCUT2D eigenvalue weighted by Gasteiger charge is -2.00. The highest BCUT2D eigenvalue weighted by Gasteiger charge is 1.92. The van der Waals surface area contributed by atoms with Gasteiger partial charge in [0.05, 0.1) is 0 Å². The molecule has 0 radical (unpaired) electrons. The molecule has 0 atom stereocenters. The molecule has 0 aromatic heterocycles. The van der Waals surface area contributed by atoms with E-state index in [0.29, 0.717) is 0 Å². The first-order chi connectivity index (χ1) is 9.49. The number of hydrogen-bond donors (Lipinski definition) is 0. The van der Waals surface area contributed by atoms with E-state index >= 15 is 0 Å². The molecule has 0 spiro atoms. The van der Waals surface area contributed by atoms with E-state index in [1.54, 1.807) is 6.08 Å². The minimum absolute atomic E-state index is 0.151. The first-order valence-electron chi connectivity index (χ1n) is 6.96. The fraction of sp³-hybridized carbons (Fsp3) is 0.444. The predicted octanol–water partition coefficient (Wildman–Crippen LogP) is 5.38. The van der Waals surface area contributed by atoms with Gasteiger partial charge in [-0.2, -0.15) is 10.5 Å². The summed E-state index contributed by atoms with van der Waals surface area (Å²) >= 11 is 0. The van der Waals surface area contributed by atoms with Crippen LogP contribution in [0, 0.1) is 22.7 Å². The molecule has 0 bridgehead atoms. The summed E-state index contributed by atoms with van der Waals surface area (Å²) in [5, 5.41) is 17.2. The Kier molecular flexibility index (Phi) is 9.71. The quantitative estimate of drug-likeness (QED) is 0.353. The molecule has 0 N–H and O–H groups in total. The van der Waals surface area contributed by atoms with E-state index in [-0.39, 0.29) is 5.57 Å². The summed E-state index contributed by atoms with van der Waals surface area (Å²) in [4.78, 5) is 0. The molecule has 0 unspecified atom stereocenters. The van der Waals surface area contributed by atoms with Gasteiger partial charge in [-0.1, -0.05) is 34.9 Å². The van der Waals surface area contributed by atoms with Crippen LogP contribution in [0.4, 0.5) is 0 Å². The van der Waals surface area contributed by atoms with Crippen LogP contribution in [-0.4, -0.2) is 0 Å². The number of rotatable bonds is 7. The van der Waals surface area contributed by atoms with E-state index < -0.39 is 0 Å². The lowest BCUT2D eigenvalue weighted by atomic mass is 10.1.